The number of carboxylic acid groups (broad SMARTS) is 1. The number of aliphatic hydroxyl groups is 2. The zero-order chi connectivity index (χ0) is 22.4. The van der Waals surface area contributed by atoms with Crippen molar-refractivity contribution in [3.8, 4) is 0 Å². The minimum Gasteiger partial charge on any atom is -0.477 e. The highest BCUT2D eigenvalue weighted by Gasteiger charge is 2.41. The molecule has 31 heavy (non-hydrogen) atoms. The Bertz CT molecular complexity index is 834. The first-order valence-electron chi connectivity index (χ1n) is 11.3. The molecular formula is C25H33ClO4S. The van der Waals surface area contributed by atoms with Gasteiger partial charge in [0.05, 0.1) is 12.2 Å². The van der Waals surface area contributed by atoms with Crippen LogP contribution in [0.3, 0.4) is 0 Å². The van der Waals surface area contributed by atoms with E-state index in [-0.39, 0.29) is 17.2 Å². The van der Waals surface area contributed by atoms with E-state index in [0.717, 1.165) is 60.9 Å². The van der Waals surface area contributed by atoms with Gasteiger partial charge in [0.2, 0.25) is 0 Å². The van der Waals surface area contributed by atoms with Gasteiger partial charge in [-0.25, -0.2) is 4.79 Å². The van der Waals surface area contributed by atoms with Crippen LogP contribution in [0.25, 0.3) is 0 Å². The van der Waals surface area contributed by atoms with E-state index in [9.17, 15) is 15.0 Å². The molecule has 0 spiro atoms. The molecule has 0 bridgehead atoms. The quantitative estimate of drug-likeness (QED) is 0.275. The van der Waals surface area contributed by atoms with Gasteiger partial charge in [0.1, 0.15) is 4.88 Å². The van der Waals surface area contributed by atoms with Gasteiger partial charge in [0.25, 0.3) is 0 Å². The maximum atomic E-state index is 11.1. The summed E-state index contributed by atoms with van der Waals surface area (Å²) in [7, 11) is 0. The van der Waals surface area contributed by atoms with Crippen LogP contribution in [0, 0.1) is 5.92 Å². The summed E-state index contributed by atoms with van der Waals surface area (Å²) in [6.45, 7) is 2.16. The summed E-state index contributed by atoms with van der Waals surface area (Å²) < 4.78 is 0. The first kappa shape index (κ1) is 24.2. The summed E-state index contributed by atoms with van der Waals surface area (Å²) in [4.78, 5) is 12.5. The standard InChI is InChI=1S/C25H33ClO4S/c1-2-3-4-8-21(27)16-9-11-17(12-10-16)24-19(20(26)15-22(24)28)7-5-6-18-13-14-23(31-18)25(29)30/h9-14,19-22,24,27-28H,2-8,15H2,1H3,(H,29,30). The highest BCUT2D eigenvalue weighted by Crippen LogP contribution is 2.45. The lowest BCUT2D eigenvalue weighted by molar-refractivity contribution is 0.0702. The number of hydrogen-bond donors (Lipinski definition) is 3. The number of hydrogen-bond acceptors (Lipinski definition) is 4. The van der Waals surface area contributed by atoms with Gasteiger partial charge in [-0.05, 0) is 61.3 Å². The molecule has 0 aliphatic heterocycles. The first-order chi connectivity index (χ1) is 14.9. The number of carbonyl (C=O) groups is 1. The number of rotatable bonds is 11. The first-order valence-corrected chi connectivity index (χ1v) is 12.6. The van der Waals surface area contributed by atoms with Crippen LogP contribution < -0.4 is 0 Å². The van der Waals surface area contributed by atoms with Crippen LogP contribution in [-0.4, -0.2) is 32.8 Å². The predicted octanol–water partition coefficient (Wildman–Crippen LogP) is 6.15. The third-order valence-corrected chi connectivity index (χ3v) is 8.06. The molecule has 1 aromatic carbocycles. The summed E-state index contributed by atoms with van der Waals surface area (Å²) in [5.74, 6) is -0.711. The van der Waals surface area contributed by atoms with Gasteiger partial charge in [-0.3, -0.25) is 0 Å². The average Bonchev–Trinajstić information content (AvgIpc) is 3.33. The Morgan fingerprint density at radius 3 is 2.55 bits per heavy atom. The fraction of sp³-hybridized carbons (Fsp3) is 0.560. The Morgan fingerprint density at radius 1 is 1.16 bits per heavy atom. The number of aliphatic hydroxyl groups excluding tert-OH is 2. The lowest BCUT2D eigenvalue weighted by Gasteiger charge is -2.24. The molecular weight excluding hydrogens is 432 g/mol. The van der Waals surface area contributed by atoms with Crippen molar-refractivity contribution < 1.29 is 20.1 Å². The molecule has 0 radical (unpaired) electrons. The Hall–Kier alpha value is -1.40. The van der Waals surface area contributed by atoms with Crippen molar-refractivity contribution in [3.05, 3.63) is 57.3 Å². The van der Waals surface area contributed by atoms with Gasteiger partial charge in [-0.15, -0.1) is 22.9 Å². The zero-order valence-electron chi connectivity index (χ0n) is 18.0. The van der Waals surface area contributed by atoms with E-state index in [1.807, 2.05) is 30.3 Å². The van der Waals surface area contributed by atoms with Crippen LogP contribution in [0.4, 0.5) is 0 Å². The Labute approximate surface area is 193 Å². The molecule has 3 rings (SSSR count). The van der Waals surface area contributed by atoms with Crippen molar-refractivity contribution in [3.63, 3.8) is 0 Å². The van der Waals surface area contributed by atoms with Crippen molar-refractivity contribution >= 4 is 28.9 Å². The summed E-state index contributed by atoms with van der Waals surface area (Å²) in [5, 5.41) is 30.1. The van der Waals surface area contributed by atoms with Gasteiger partial charge in [-0.2, -0.15) is 0 Å². The Morgan fingerprint density at radius 2 is 1.90 bits per heavy atom. The van der Waals surface area contributed by atoms with Crippen LogP contribution in [-0.2, 0) is 6.42 Å². The summed E-state index contributed by atoms with van der Waals surface area (Å²) in [5.41, 5.74) is 2.01. The molecule has 1 aliphatic rings. The Balaban J connectivity index is 1.61. The molecule has 2 aromatic rings. The SMILES string of the molecule is CCCCCC(O)c1ccc(C2C(O)CC(Cl)C2CCCc2ccc(C(=O)O)s2)cc1. The molecule has 5 unspecified atom stereocenters. The minimum absolute atomic E-state index is 0.00768. The number of halogens is 1. The summed E-state index contributed by atoms with van der Waals surface area (Å²) >= 11 is 7.95. The number of aromatic carboxylic acids is 1. The third-order valence-electron chi connectivity index (χ3n) is 6.43. The summed E-state index contributed by atoms with van der Waals surface area (Å²) in [6.07, 6.45) is 6.37. The molecule has 0 amide bonds. The molecule has 1 aromatic heterocycles. The van der Waals surface area contributed by atoms with Gasteiger partial charge in [0, 0.05) is 16.2 Å². The molecule has 1 aliphatic carbocycles. The second kappa shape index (κ2) is 11.5. The number of carboxylic acids is 1. The van der Waals surface area contributed by atoms with E-state index in [0.29, 0.717) is 11.3 Å². The fourth-order valence-corrected chi connectivity index (χ4v) is 6.08. The average molecular weight is 465 g/mol. The lowest BCUT2D eigenvalue weighted by Crippen LogP contribution is -2.19. The number of unbranched alkanes of at least 4 members (excludes halogenated alkanes) is 2. The minimum atomic E-state index is -0.880. The molecule has 4 nitrogen and oxygen atoms in total. The van der Waals surface area contributed by atoms with E-state index in [1.165, 1.54) is 11.3 Å². The predicted molar refractivity (Wildman–Crippen MR) is 126 cm³/mol. The molecule has 1 fully saturated rings. The van der Waals surface area contributed by atoms with E-state index in [2.05, 4.69) is 6.92 Å². The number of thiophene rings is 1. The van der Waals surface area contributed by atoms with Crippen molar-refractivity contribution in [2.24, 2.45) is 5.92 Å². The molecule has 6 heteroatoms. The number of benzene rings is 1. The third kappa shape index (κ3) is 6.32. The highest BCUT2D eigenvalue weighted by atomic mass is 35.5. The van der Waals surface area contributed by atoms with Crippen LogP contribution >= 0.6 is 22.9 Å². The van der Waals surface area contributed by atoms with Crippen LogP contribution in [0.2, 0.25) is 0 Å². The highest BCUT2D eigenvalue weighted by molar-refractivity contribution is 7.13. The van der Waals surface area contributed by atoms with Crippen LogP contribution in [0.5, 0.6) is 0 Å². The van der Waals surface area contributed by atoms with Gasteiger partial charge in [-0.1, -0.05) is 50.5 Å². The monoisotopic (exact) mass is 464 g/mol. The molecule has 5 atom stereocenters. The normalized spacial score (nSPS) is 24.4. The lowest BCUT2D eigenvalue weighted by atomic mass is 9.84. The van der Waals surface area contributed by atoms with E-state index in [1.54, 1.807) is 6.07 Å². The van der Waals surface area contributed by atoms with E-state index < -0.39 is 18.2 Å². The largest absolute Gasteiger partial charge is 0.477 e. The topological polar surface area (TPSA) is 77.8 Å². The van der Waals surface area contributed by atoms with E-state index in [4.69, 9.17) is 16.7 Å². The fourth-order valence-electron chi connectivity index (χ4n) is 4.73. The van der Waals surface area contributed by atoms with Crippen LogP contribution in [0.1, 0.15) is 89.6 Å². The van der Waals surface area contributed by atoms with E-state index >= 15 is 0 Å². The molecule has 3 N–H and O–H groups in total. The van der Waals surface area contributed by atoms with Crippen molar-refractivity contribution in [1.29, 1.82) is 0 Å². The van der Waals surface area contributed by atoms with Crippen molar-refractivity contribution in [2.45, 2.75) is 81.8 Å². The second-order valence-electron chi connectivity index (χ2n) is 8.65. The van der Waals surface area contributed by atoms with Crippen molar-refractivity contribution in [2.75, 3.05) is 0 Å². The Kier molecular flexibility index (Phi) is 8.96. The smallest absolute Gasteiger partial charge is 0.345 e. The molecule has 0 saturated heterocycles. The van der Waals surface area contributed by atoms with Crippen molar-refractivity contribution in [1.82, 2.24) is 0 Å². The van der Waals surface area contributed by atoms with Gasteiger partial charge < -0.3 is 15.3 Å². The number of alkyl halides is 1. The maximum Gasteiger partial charge on any atom is 0.345 e. The zero-order valence-corrected chi connectivity index (χ0v) is 19.6. The summed E-state index contributed by atoms with van der Waals surface area (Å²) in [6, 6.07) is 11.6. The molecule has 1 heterocycles. The maximum absolute atomic E-state index is 11.1. The van der Waals surface area contributed by atoms with Gasteiger partial charge in [0.15, 0.2) is 0 Å². The van der Waals surface area contributed by atoms with Gasteiger partial charge >= 0.3 is 5.97 Å². The molecule has 170 valence electrons. The molecule has 1 saturated carbocycles. The number of aryl methyl sites for hydroxylation is 1. The second-order valence-corrected chi connectivity index (χ2v) is 10.4. The van der Waals surface area contributed by atoms with Crippen LogP contribution in [0.15, 0.2) is 36.4 Å².